The third kappa shape index (κ3) is 4.16. The van der Waals surface area contributed by atoms with Gasteiger partial charge in [0.25, 0.3) is 0 Å². The first-order valence-electron chi connectivity index (χ1n) is 5.43. The molecule has 0 bridgehead atoms. The maximum Gasteiger partial charge on any atom is 0.393 e. The van der Waals surface area contributed by atoms with Gasteiger partial charge in [-0.15, -0.1) is 0 Å². The Morgan fingerprint density at radius 1 is 1.47 bits per heavy atom. The summed E-state index contributed by atoms with van der Waals surface area (Å²) in [5.41, 5.74) is 0. The molecule has 0 saturated carbocycles. The van der Waals surface area contributed by atoms with E-state index >= 15 is 0 Å². The lowest BCUT2D eigenvalue weighted by molar-refractivity contribution is -0.184. The van der Waals surface area contributed by atoms with Crippen molar-refractivity contribution in [3.05, 3.63) is 0 Å². The van der Waals surface area contributed by atoms with Gasteiger partial charge in [0, 0.05) is 25.6 Å². The Kier molecular flexibility index (Phi) is 4.76. The summed E-state index contributed by atoms with van der Waals surface area (Å²) in [7, 11) is 0. The Bertz CT molecular complexity index is 270. The summed E-state index contributed by atoms with van der Waals surface area (Å²) < 4.78 is 43.2. The summed E-state index contributed by atoms with van der Waals surface area (Å²) in [6.45, 7) is 1.61. The van der Waals surface area contributed by atoms with Gasteiger partial charge < -0.3 is 9.84 Å². The first kappa shape index (κ1) is 14.2. The third-order valence-corrected chi connectivity index (χ3v) is 2.83. The molecule has 0 radical (unpaired) electrons. The van der Waals surface area contributed by atoms with Crippen LogP contribution in [0, 0.1) is 11.8 Å². The zero-order valence-corrected chi connectivity index (χ0v) is 9.54. The molecule has 2 atom stereocenters. The van der Waals surface area contributed by atoms with E-state index in [4.69, 9.17) is 9.84 Å². The Hall–Kier alpha value is -0.820. The number of likely N-dealkylation sites (tertiary alicyclic amines) is 1. The van der Waals surface area contributed by atoms with Crippen LogP contribution in [-0.2, 0) is 9.53 Å². The number of hydrogen-bond acceptors (Lipinski definition) is 3. The quantitative estimate of drug-likeness (QED) is 0.802. The Morgan fingerprint density at radius 2 is 2.12 bits per heavy atom. The number of carboxylic acid groups (broad SMARTS) is 1. The van der Waals surface area contributed by atoms with E-state index in [1.165, 1.54) is 4.90 Å². The molecule has 0 unspecified atom stereocenters. The molecule has 0 aromatic heterocycles. The minimum Gasteiger partial charge on any atom is -0.480 e. The summed E-state index contributed by atoms with van der Waals surface area (Å²) in [6, 6.07) is 0. The average Bonchev–Trinajstić information content (AvgIpc) is 2.56. The van der Waals surface area contributed by atoms with Crippen molar-refractivity contribution in [2.45, 2.75) is 13.1 Å². The number of halogens is 3. The maximum absolute atomic E-state index is 12.7. The molecule has 1 aliphatic rings. The second kappa shape index (κ2) is 5.68. The molecule has 1 saturated heterocycles. The van der Waals surface area contributed by atoms with Crippen LogP contribution in [0.3, 0.4) is 0 Å². The third-order valence-electron chi connectivity index (χ3n) is 2.83. The van der Waals surface area contributed by atoms with Crippen LogP contribution < -0.4 is 0 Å². The van der Waals surface area contributed by atoms with Crippen LogP contribution in [0.25, 0.3) is 0 Å². The molecule has 100 valence electrons. The Balaban J connectivity index is 2.62. The molecule has 1 N–H and O–H groups in total. The van der Waals surface area contributed by atoms with E-state index in [1.807, 2.05) is 0 Å². The van der Waals surface area contributed by atoms with Crippen molar-refractivity contribution >= 4 is 5.97 Å². The highest BCUT2D eigenvalue weighted by Crippen LogP contribution is 2.37. The summed E-state index contributed by atoms with van der Waals surface area (Å²) in [5.74, 6) is -3.27. The first-order valence-corrected chi connectivity index (χ1v) is 5.43. The van der Waals surface area contributed by atoms with Crippen molar-refractivity contribution in [1.82, 2.24) is 4.90 Å². The number of alkyl halides is 3. The fourth-order valence-electron chi connectivity index (χ4n) is 2.09. The van der Waals surface area contributed by atoms with Crippen molar-refractivity contribution in [1.29, 1.82) is 0 Å². The summed E-state index contributed by atoms with van der Waals surface area (Å²) >= 11 is 0. The highest BCUT2D eigenvalue weighted by atomic mass is 19.4. The normalized spacial score (nSPS) is 26.4. The first-order chi connectivity index (χ1) is 7.84. The molecular weight excluding hydrogens is 239 g/mol. The number of hydrogen-bond donors (Lipinski definition) is 1. The number of aliphatic carboxylic acids is 1. The van der Waals surface area contributed by atoms with Gasteiger partial charge in [0.2, 0.25) is 0 Å². The van der Waals surface area contributed by atoms with Crippen LogP contribution in [0.2, 0.25) is 0 Å². The maximum atomic E-state index is 12.7. The van der Waals surface area contributed by atoms with E-state index < -0.39 is 24.0 Å². The highest BCUT2D eigenvalue weighted by molar-refractivity contribution is 5.69. The predicted molar refractivity (Wildman–Crippen MR) is 53.6 cm³/mol. The van der Waals surface area contributed by atoms with Crippen molar-refractivity contribution in [2.24, 2.45) is 11.8 Å². The highest BCUT2D eigenvalue weighted by Gasteiger charge is 2.49. The van der Waals surface area contributed by atoms with E-state index in [0.29, 0.717) is 6.61 Å². The topological polar surface area (TPSA) is 49.8 Å². The Labute approximate surface area is 97.3 Å². The molecule has 1 rings (SSSR count). The van der Waals surface area contributed by atoms with Crippen molar-refractivity contribution in [3.63, 3.8) is 0 Å². The van der Waals surface area contributed by atoms with E-state index in [-0.39, 0.29) is 26.2 Å². The number of carboxylic acids is 1. The molecule has 1 heterocycles. The second-order valence-electron chi connectivity index (χ2n) is 4.16. The van der Waals surface area contributed by atoms with Gasteiger partial charge in [-0.3, -0.25) is 9.69 Å². The number of rotatable bonds is 5. The van der Waals surface area contributed by atoms with E-state index in [9.17, 15) is 18.0 Å². The molecule has 0 spiro atoms. The minimum absolute atomic E-state index is 0.0246. The zero-order chi connectivity index (χ0) is 13.1. The fourth-order valence-corrected chi connectivity index (χ4v) is 2.09. The SMILES string of the molecule is CCOC[C@H]1CN(CC(=O)O)C[C@@H]1C(F)(F)F. The van der Waals surface area contributed by atoms with E-state index in [1.54, 1.807) is 6.92 Å². The fraction of sp³-hybridized carbons (Fsp3) is 0.900. The van der Waals surface area contributed by atoms with Gasteiger partial charge in [0.05, 0.1) is 19.1 Å². The zero-order valence-electron chi connectivity index (χ0n) is 9.54. The molecule has 0 aromatic rings. The van der Waals surface area contributed by atoms with Gasteiger partial charge in [0.15, 0.2) is 0 Å². The van der Waals surface area contributed by atoms with E-state index in [2.05, 4.69) is 0 Å². The van der Waals surface area contributed by atoms with Gasteiger partial charge in [-0.2, -0.15) is 13.2 Å². The second-order valence-corrected chi connectivity index (χ2v) is 4.16. The summed E-state index contributed by atoms with van der Waals surface area (Å²) in [6.07, 6.45) is -4.30. The van der Waals surface area contributed by atoms with Gasteiger partial charge >= 0.3 is 12.1 Å². The van der Waals surface area contributed by atoms with Gasteiger partial charge in [-0.05, 0) is 6.92 Å². The van der Waals surface area contributed by atoms with Crippen LogP contribution >= 0.6 is 0 Å². The van der Waals surface area contributed by atoms with Crippen molar-refractivity contribution in [2.75, 3.05) is 32.8 Å². The molecule has 0 aliphatic carbocycles. The number of carbonyl (C=O) groups is 1. The van der Waals surface area contributed by atoms with Gasteiger partial charge in [-0.1, -0.05) is 0 Å². The standard InChI is InChI=1S/C10H16F3NO3/c1-2-17-6-7-3-14(5-9(15)16)4-8(7)10(11,12)13/h7-8H,2-6H2,1H3,(H,15,16)/t7-,8+/m1/s1. The molecule has 0 aromatic carbocycles. The number of nitrogens with zero attached hydrogens (tertiary/aromatic N) is 1. The lowest BCUT2D eigenvalue weighted by Gasteiger charge is -2.20. The van der Waals surface area contributed by atoms with Crippen LogP contribution in [0.1, 0.15) is 6.92 Å². The number of ether oxygens (including phenoxy) is 1. The summed E-state index contributed by atoms with van der Waals surface area (Å²) in [5, 5.41) is 8.57. The predicted octanol–water partition coefficient (Wildman–Crippen LogP) is 1.22. The van der Waals surface area contributed by atoms with Crippen LogP contribution in [-0.4, -0.2) is 55.0 Å². The molecule has 7 heteroatoms. The van der Waals surface area contributed by atoms with Crippen LogP contribution in [0.15, 0.2) is 0 Å². The monoisotopic (exact) mass is 255 g/mol. The molecular formula is C10H16F3NO3. The molecule has 4 nitrogen and oxygen atoms in total. The van der Waals surface area contributed by atoms with Crippen molar-refractivity contribution < 1.29 is 27.8 Å². The average molecular weight is 255 g/mol. The lowest BCUT2D eigenvalue weighted by atomic mass is 9.96. The minimum atomic E-state index is -4.30. The van der Waals surface area contributed by atoms with E-state index in [0.717, 1.165) is 0 Å². The molecule has 0 amide bonds. The molecule has 1 aliphatic heterocycles. The van der Waals surface area contributed by atoms with Crippen LogP contribution in [0.4, 0.5) is 13.2 Å². The smallest absolute Gasteiger partial charge is 0.393 e. The van der Waals surface area contributed by atoms with Crippen LogP contribution in [0.5, 0.6) is 0 Å². The molecule has 1 fully saturated rings. The summed E-state index contributed by atoms with van der Waals surface area (Å²) in [4.78, 5) is 11.8. The Morgan fingerprint density at radius 3 is 2.59 bits per heavy atom. The van der Waals surface area contributed by atoms with Crippen molar-refractivity contribution in [3.8, 4) is 0 Å². The van der Waals surface area contributed by atoms with Gasteiger partial charge in [0.1, 0.15) is 0 Å². The lowest BCUT2D eigenvalue weighted by Crippen LogP contribution is -2.32. The molecule has 17 heavy (non-hydrogen) atoms. The largest absolute Gasteiger partial charge is 0.480 e. The van der Waals surface area contributed by atoms with Gasteiger partial charge in [-0.25, -0.2) is 0 Å².